The fraction of sp³-hybridized carbons (Fsp3) is 0.529. The van der Waals surface area contributed by atoms with Crippen LogP contribution in [0.3, 0.4) is 0 Å². The van der Waals surface area contributed by atoms with Gasteiger partial charge in [0.15, 0.2) is 17.5 Å². The highest BCUT2D eigenvalue weighted by Gasteiger charge is 2.26. The molecule has 0 saturated heterocycles. The van der Waals surface area contributed by atoms with Crippen LogP contribution in [0.15, 0.2) is 23.2 Å². The maximum Gasteiger partial charge on any atom is 0.227 e. The van der Waals surface area contributed by atoms with E-state index >= 15 is 0 Å². The maximum absolute atomic E-state index is 11.9. The molecule has 0 bridgehead atoms. The number of hydrogen-bond acceptors (Lipinski definition) is 4. The zero-order chi connectivity index (χ0) is 18.2. The van der Waals surface area contributed by atoms with E-state index in [9.17, 15) is 4.79 Å². The summed E-state index contributed by atoms with van der Waals surface area (Å²) in [5.74, 6) is 1.58. The lowest BCUT2D eigenvalue weighted by Crippen LogP contribution is -2.46. The van der Waals surface area contributed by atoms with Gasteiger partial charge >= 0.3 is 0 Å². The van der Waals surface area contributed by atoms with E-state index in [1.54, 1.807) is 14.2 Å². The Morgan fingerprint density at radius 2 is 1.88 bits per heavy atom. The summed E-state index contributed by atoms with van der Waals surface area (Å²) in [7, 11) is 3.18. The number of nitrogens with one attached hydrogen (secondary N) is 2. The van der Waals surface area contributed by atoms with Crippen molar-refractivity contribution in [2.45, 2.75) is 27.3 Å². The first-order valence-corrected chi connectivity index (χ1v) is 7.87. The number of benzene rings is 1. The highest BCUT2D eigenvalue weighted by Crippen LogP contribution is 2.27. The van der Waals surface area contributed by atoms with Gasteiger partial charge in [-0.2, -0.15) is 0 Å². The lowest BCUT2D eigenvalue weighted by molar-refractivity contribution is -0.128. The molecule has 0 aromatic heterocycles. The number of ether oxygens (including phenoxy) is 2. The number of carbonyl (C=O) groups excluding carboxylic acids is 1. The van der Waals surface area contributed by atoms with Gasteiger partial charge in [0, 0.05) is 13.1 Å². The number of aliphatic imine (C=N–C) groups is 1. The molecule has 0 radical (unpaired) electrons. The molecule has 1 rings (SSSR count). The smallest absolute Gasteiger partial charge is 0.227 e. The first-order chi connectivity index (χ1) is 11.3. The topological polar surface area (TPSA) is 98.0 Å². The van der Waals surface area contributed by atoms with Gasteiger partial charge in [-0.15, -0.1) is 0 Å². The van der Waals surface area contributed by atoms with Gasteiger partial charge in [-0.3, -0.25) is 4.79 Å². The lowest BCUT2D eigenvalue weighted by Gasteiger charge is -2.23. The van der Waals surface area contributed by atoms with Gasteiger partial charge in [0.2, 0.25) is 5.91 Å². The second-order valence-corrected chi connectivity index (χ2v) is 5.99. The van der Waals surface area contributed by atoms with E-state index in [0.717, 1.165) is 5.56 Å². The monoisotopic (exact) mass is 336 g/mol. The lowest BCUT2D eigenvalue weighted by atomic mass is 9.92. The number of carbonyl (C=O) groups is 1. The molecular weight excluding hydrogens is 308 g/mol. The molecule has 0 unspecified atom stereocenters. The molecule has 0 aliphatic carbocycles. The molecule has 4 N–H and O–H groups in total. The van der Waals surface area contributed by atoms with E-state index < -0.39 is 5.41 Å². The molecule has 0 atom stereocenters. The van der Waals surface area contributed by atoms with Gasteiger partial charge in [-0.1, -0.05) is 6.07 Å². The minimum Gasteiger partial charge on any atom is -0.493 e. The molecule has 0 fully saturated rings. The van der Waals surface area contributed by atoms with Crippen molar-refractivity contribution in [1.29, 1.82) is 0 Å². The number of rotatable bonds is 8. The molecule has 1 aromatic rings. The largest absolute Gasteiger partial charge is 0.493 e. The molecule has 1 aromatic carbocycles. The van der Waals surface area contributed by atoms with Crippen LogP contribution in [0.4, 0.5) is 0 Å². The molecule has 7 heteroatoms. The Hall–Kier alpha value is -2.44. The van der Waals surface area contributed by atoms with Crippen molar-refractivity contribution >= 4 is 11.9 Å². The predicted octanol–water partition coefficient (Wildman–Crippen LogP) is 1.27. The highest BCUT2D eigenvalue weighted by molar-refractivity contribution is 5.83. The Labute approximate surface area is 143 Å². The van der Waals surface area contributed by atoms with Crippen LogP contribution in [-0.4, -0.2) is 39.2 Å². The Morgan fingerprint density at radius 3 is 2.46 bits per heavy atom. The number of hydrogen-bond donors (Lipinski definition) is 3. The number of nitrogens with zero attached hydrogens (tertiary/aromatic N) is 1. The van der Waals surface area contributed by atoms with Crippen LogP contribution < -0.4 is 25.8 Å². The first-order valence-electron chi connectivity index (χ1n) is 7.87. The summed E-state index contributed by atoms with van der Waals surface area (Å²) < 4.78 is 10.5. The maximum atomic E-state index is 11.9. The quantitative estimate of drug-likeness (QED) is 0.490. The van der Waals surface area contributed by atoms with Crippen LogP contribution >= 0.6 is 0 Å². The average molecular weight is 336 g/mol. The van der Waals surface area contributed by atoms with Gasteiger partial charge in [0.05, 0.1) is 26.2 Å². The summed E-state index contributed by atoms with van der Waals surface area (Å²) in [4.78, 5) is 16.2. The SMILES string of the molecule is CCNC(=O)C(C)(C)CNC(N)=NCc1ccc(OC)c(OC)c1. The summed E-state index contributed by atoms with van der Waals surface area (Å²) >= 11 is 0. The van der Waals surface area contributed by atoms with Crippen LogP contribution in [0.5, 0.6) is 11.5 Å². The van der Waals surface area contributed by atoms with E-state index in [0.29, 0.717) is 37.1 Å². The number of amides is 1. The molecule has 134 valence electrons. The van der Waals surface area contributed by atoms with Crippen LogP contribution in [0.25, 0.3) is 0 Å². The van der Waals surface area contributed by atoms with Crippen LogP contribution in [0.2, 0.25) is 0 Å². The Balaban J connectivity index is 2.63. The third-order valence-corrected chi connectivity index (χ3v) is 3.54. The van der Waals surface area contributed by atoms with Crippen molar-refractivity contribution in [2.75, 3.05) is 27.3 Å². The van der Waals surface area contributed by atoms with Crippen molar-refractivity contribution in [3.8, 4) is 11.5 Å². The third-order valence-electron chi connectivity index (χ3n) is 3.54. The van der Waals surface area contributed by atoms with E-state index in [4.69, 9.17) is 15.2 Å². The van der Waals surface area contributed by atoms with Gasteiger partial charge < -0.3 is 25.8 Å². The predicted molar refractivity (Wildman–Crippen MR) is 95.3 cm³/mol. The average Bonchev–Trinajstić information content (AvgIpc) is 2.58. The Morgan fingerprint density at radius 1 is 1.21 bits per heavy atom. The minimum atomic E-state index is -0.570. The normalized spacial score (nSPS) is 11.8. The molecule has 0 aliphatic rings. The summed E-state index contributed by atoms with van der Waals surface area (Å²) in [5.41, 5.74) is 6.26. The fourth-order valence-corrected chi connectivity index (χ4v) is 2.00. The van der Waals surface area contributed by atoms with E-state index in [-0.39, 0.29) is 5.91 Å². The molecule has 0 saturated carbocycles. The molecule has 0 heterocycles. The third kappa shape index (κ3) is 5.64. The van der Waals surface area contributed by atoms with Gasteiger partial charge in [-0.25, -0.2) is 4.99 Å². The summed E-state index contributed by atoms with van der Waals surface area (Å²) in [6.07, 6.45) is 0. The van der Waals surface area contributed by atoms with Crippen LogP contribution in [0.1, 0.15) is 26.3 Å². The first kappa shape index (κ1) is 19.6. The van der Waals surface area contributed by atoms with Crippen molar-refractivity contribution in [1.82, 2.24) is 10.6 Å². The van der Waals surface area contributed by atoms with E-state index in [1.807, 2.05) is 39.0 Å². The minimum absolute atomic E-state index is 0.0230. The number of nitrogens with two attached hydrogens (primary N) is 1. The van der Waals surface area contributed by atoms with Crippen molar-refractivity contribution in [3.05, 3.63) is 23.8 Å². The van der Waals surface area contributed by atoms with Gasteiger partial charge in [0.25, 0.3) is 0 Å². The zero-order valence-corrected chi connectivity index (χ0v) is 15.1. The molecule has 0 aliphatic heterocycles. The Kier molecular flexibility index (Phi) is 7.35. The Bertz CT molecular complexity index is 585. The van der Waals surface area contributed by atoms with Crippen molar-refractivity contribution in [2.24, 2.45) is 16.1 Å². The van der Waals surface area contributed by atoms with Gasteiger partial charge in [0.1, 0.15) is 0 Å². The molecular formula is C17H28N4O3. The number of methoxy groups -OCH3 is 2. The van der Waals surface area contributed by atoms with E-state index in [2.05, 4.69) is 15.6 Å². The van der Waals surface area contributed by atoms with Gasteiger partial charge in [-0.05, 0) is 38.5 Å². The molecule has 7 nitrogen and oxygen atoms in total. The second kappa shape index (κ2) is 9.00. The van der Waals surface area contributed by atoms with Crippen molar-refractivity contribution in [3.63, 3.8) is 0 Å². The zero-order valence-electron chi connectivity index (χ0n) is 15.1. The fourth-order valence-electron chi connectivity index (χ4n) is 2.00. The summed E-state index contributed by atoms with van der Waals surface area (Å²) in [5, 5.41) is 5.80. The highest BCUT2D eigenvalue weighted by atomic mass is 16.5. The van der Waals surface area contributed by atoms with Crippen molar-refractivity contribution < 1.29 is 14.3 Å². The van der Waals surface area contributed by atoms with E-state index in [1.165, 1.54) is 0 Å². The molecule has 24 heavy (non-hydrogen) atoms. The summed E-state index contributed by atoms with van der Waals surface area (Å²) in [6.45, 7) is 7.01. The number of guanidine groups is 1. The second-order valence-electron chi connectivity index (χ2n) is 5.99. The van der Waals surface area contributed by atoms with Crippen LogP contribution in [0, 0.1) is 5.41 Å². The molecule has 1 amide bonds. The van der Waals surface area contributed by atoms with Crippen LogP contribution in [-0.2, 0) is 11.3 Å². The standard InChI is InChI=1S/C17H28N4O3/c1-6-19-15(22)17(2,3)11-21-16(18)20-10-12-7-8-13(23-4)14(9-12)24-5/h7-9H,6,10-11H2,1-5H3,(H,19,22)(H3,18,20,21). The molecule has 0 spiro atoms. The summed E-state index contributed by atoms with van der Waals surface area (Å²) in [6, 6.07) is 5.58.